The average molecular weight is 319 g/mol. The Kier molecular flexibility index (Phi) is 3.41. The summed E-state index contributed by atoms with van der Waals surface area (Å²) in [5.74, 6) is 0.891. The van der Waals surface area contributed by atoms with Gasteiger partial charge in [-0.05, 0) is 48.6 Å². The van der Waals surface area contributed by atoms with Gasteiger partial charge in [-0.2, -0.15) is 0 Å². The first-order valence-electron chi connectivity index (χ1n) is 7.87. The zero-order valence-corrected chi connectivity index (χ0v) is 13.5. The average Bonchev–Trinajstić information content (AvgIpc) is 2.98. The monoisotopic (exact) mass is 319 g/mol. The van der Waals surface area contributed by atoms with Gasteiger partial charge in [0.1, 0.15) is 24.1 Å². The molecule has 0 bridgehead atoms. The first-order valence-corrected chi connectivity index (χ1v) is 7.87. The van der Waals surface area contributed by atoms with Crippen molar-refractivity contribution in [3.05, 3.63) is 59.5 Å². The standard InChI is InChI=1S/C19H17N3O2/c1-11-7-14-16(10-24-17(14)8-12(11)2)19(23)22-18-15-9-20-5-3-13(15)4-6-21-18/h3-9,16H,10H2,1-2H3,(H,21,22,23). The van der Waals surface area contributed by atoms with Gasteiger partial charge in [-0.25, -0.2) is 4.98 Å². The van der Waals surface area contributed by atoms with E-state index in [9.17, 15) is 4.79 Å². The molecule has 0 radical (unpaired) electrons. The third kappa shape index (κ3) is 2.38. The molecule has 1 aromatic carbocycles. The molecule has 0 aliphatic carbocycles. The normalized spacial score (nSPS) is 15.8. The number of aryl methyl sites for hydroxylation is 2. The SMILES string of the molecule is Cc1cc2c(cc1C)C(C(=O)Nc1nccc3ccncc13)CO2. The summed E-state index contributed by atoms with van der Waals surface area (Å²) < 4.78 is 5.70. The smallest absolute Gasteiger partial charge is 0.236 e. The van der Waals surface area contributed by atoms with Crippen LogP contribution in [0.25, 0.3) is 10.8 Å². The van der Waals surface area contributed by atoms with Gasteiger partial charge >= 0.3 is 0 Å². The van der Waals surface area contributed by atoms with E-state index >= 15 is 0 Å². The minimum absolute atomic E-state index is 0.110. The summed E-state index contributed by atoms with van der Waals surface area (Å²) in [6.45, 7) is 4.44. The van der Waals surface area contributed by atoms with Crippen LogP contribution in [0.3, 0.4) is 0 Å². The Morgan fingerprint density at radius 2 is 2.00 bits per heavy atom. The van der Waals surface area contributed by atoms with Gasteiger partial charge in [0, 0.05) is 29.5 Å². The van der Waals surface area contributed by atoms with Crippen LogP contribution in [0.2, 0.25) is 0 Å². The van der Waals surface area contributed by atoms with Crippen molar-refractivity contribution in [3.8, 4) is 5.75 Å². The fraction of sp³-hybridized carbons (Fsp3) is 0.211. The van der Waals surface area contributed by atoms with Crippen molar-refractivity contribution in [1.29, 1.82) is 0 Å². The van der Waals surface area contributed by atoms with Crippen LogP contribution in [-0.2, 0) is 4.79 Å². The van der Waals surface area contributed by atoms with Crippen LogP contribution < -0.4 is 10.1 Å². The largest absolute Gasteiger partial charge is 0.492 e. The Hall–Kier alpha value is -2.95. The van der Waals surface area contributed by atoms with Gasteiger partial charge in [0.15, 0.2) is 0 Å². The molecule has 24 heavy (non-hydrogen) atoms. The number of rotatable bonds is 2. The van der Waals surface area contributed by atoms with Crippen LogP contribution in [0.5, 0.6) is 5.75 Å². The van der Waals surface area contributed by atoms with Crippen LogP contribution in [0.15, 0.2) is 42.9 Å². The number of amides is 1. The zero-order valence-electron chi connectivity index (χ0n) is 13.5. The number of ether oxygens (including phenoxy) is 1. The number of carbonyl (C=O) groups excluding carboxylic acids is 1. The second-order valence-corrected chi connectivity index (χ2v) is 6.08. The Morgan fingerprint density at radius 3 is 2.88 bits per heavy atom. The highest BCUT2D eigenvalue weighted by molar-refractivity contribution is 6.02. The molecular formula is C19H17N3O2. The minimum Gasteiger partial charge on any atom is -0.492 e. The van der Waals surface area contributed by atoms with Crippen molar-refractivity contribution >= 4 is 22.5 Å². The van der Waals surface area contributed by atoms with Gasteiger partial charge in [0.05, 0.1) is 0 Å². The van der Waals surface area contributed by atoms with Gasteiger partial charge < -0.3 is 10.1 Å². The maximum absolute atomic E-state index is 12.8. The van der Waals surface area contributed by atoms with Crippen molar-refractivity contribution in [1.82, 2.24) is 9.97 Å². The number of nitrogens with zero attached hydrogens (tertiary/aromatic N) is 2. The summed E-state index contributed by atoms with van der Waals surface area (Å²) in [4.78, 5) is 21.2. The lowest BCUT2D eigenvalue weighted by molar-refractivity contribution is -0.117. The fourth-order valence-electron chi connectivity index (χ4n) is 3.00. The number of hydrogen-bond acceptors (Lipinski definition) is 4. The van der Waals surface area contributed by atoms with E-state index in [2.05, 4.69) is 15.3 Å². The molecule has 0 saturated heterocycles. The lowest BCUT2D eigenvalue weighted by atomic mass is 9.96. The molecule has 1 aliphatic rings. The molecule has 3 aromatic rings. The molecule has 1 aliphatic heterocycles. The maximum atomic E-state index is 12.8. The first-order chi connectivity index (χ1) is 11.6. The van der Waals surface area contributed by atoms with Gasteiger partial charge in [-0.3, -0.25) is 9.78 Å². The molecule has 0 spiro atoms. The predicted octanol–water partition coefficient (Wildman–Crippen LogP) is 3.36. The van der Waals surface area contributed by atoms with E-state index in [1.807, 2.05) is 38.1 Å². The van der Waals surface area contributed by atoms with E-state index in [-0.39, 0.29) is 11.8 Å². The van der Waals surface area contributed by atoms with E-state index in [4.69, 9.17) is 4.74 Å². The molecule has 4 rings (SSSR count). The number of anilines is 1. The van der Waals surface area contributed by atoms with Crippen LogP contribution in [-0.4, -0.2) is 22.5 Å². The lowest BCUT2D eigenvalue weighted by Crippen LogP contribution is -2.23. The number of benzene rings is 1. The van der Waals surface area contributed by atoms with Crippen LogP contribution in [0.1, 0.15) is 22.6 Å². The van der Waals surface area contributed by atoms with Gasteiger partial charge in [-0.15, -0.1) is 0 Å². The molecule has 0 fully saturated rings. The molecule has 1 atom stereocenters. The Labute approximate surface area is 139 Å². The number of aromatic nitrogens is 2. The van der Waals surface area contributed by atoms with Gasteiger partial charge in [0.25, 0.3) is 0 Å². The Morgan fingerprint density at radius 1 is 1.21 bits per heavy atom. The summed E-state index contributed by atoms with van der Waals surface area (Å²) >= 11 is 0. The number of carbonyl (C=O) groups is 1. The first kappa shape index (κ1) is 14.6. The highest BCUT2D eigenvalue weighted by Gasteiger charge is 2.31. The topological polar surface area (TPSA) is 64.1 Å². The van der Waals surface area contributed by atoms with Crippen LogP contribution in [0.4, 0.5) is 5.82 Å². The van der Waals surface area contributed by atoms with Crippen LogP contribution >= 0.6 is 0 Å². The van der Waals surface area contributed by atoms with E-state index in [0.29, 0.717) is 12.4 Å². The second kappa shape index (κ2) is 5.60. The minimum atomic E-state index is -0.326. The molecule has 1 unspecified atom stereocenters. The van der Waals surface area contributed by atoms with Crippen molar-refractivity contribution < 1.29 is 9.53 Å². The lowest BCUT2D eigenvalue weighted by Gasteiger charge is -2.12. The van der Waals surface area contributed by atoms with E-state index in [0.717, 1.165) is 33.2 Å². The summed E-state index contributed by atoms with van der Waals surface area (Å²) in [7, 11) is 0. The van der Waals surface area contributed by atoms with Crippen molar-refractivity contribution in [3.63, 3.8) is 0 Å². The third-order valence-electron chi connectivity index (χ3n) is 4.53. The Balaban J connectivity index is 1.66. The van der Waals surface area contributed by atoms with Crippen molar-refractivity contribution in [2.24, 2.45) is 0 Å². The highest BCUT2D eigenvalue weighted by atomic mass is 16.5. The number of nitrogens with one attached hydrogen (secondary N) is 1. The summed E-state index contributed by atoms with van der Waals surface area (Å²) in [5, 5.41) is 4.75. The molecule has 120 valence electrons. The number of hydrogen-bond donors (Lipinski definition) is 1. The fourth-order valence-corrected chi connectivity index (χ4v) is 3.00. The molecular weight excluding hydrogens is 302 g/mol. The molecule has 2 aromatic heterocycles. The molecule has 5 heteroatoms. The summed E-state index contributed by atoms with van der Waals surface area (Å²) in [6, 6.07) is 7.83. The van der Waals surface area contributed by atoms with E-state index in [1.54, 1.807) is 18.6 Å². The van der Waals surface area contributed by atoms with Crippen LogP contribution in [0, 0.1) is 13.8 Å². The van der Waals surface area contributed by atoms with E-state index < -0.39 is 0 Å². The quantitative estimate of drug-likeness (QED) is 0.786. The summed E-state index contributed by atoms with van der Waals surface area (Å²) in [6.07, 6.45) is 5.12. The molecule has 3 heterocycles. The molecule has 1 N–H and O–H groups in total. The Bertz CT molecular complexity index is 947. The van der Waals surface area contributed by atoms with Crippen molar-refractivity contribution in [2.75, 3.05) is 11.9 Å². The predicted molar refractivity (Wildman–Crippen MR) is 92.3 cm³/mol. The highest BCUT2D eigenvalue weighted by Crippen LogP contribution is 2.36. The van der Waals surface area contributed by atoms with Crippen molar-refractivity contribution in [2.45, 2.75) is 19.8 Å². The molecule has 1 amide bonds. The molecule has 5 nitrogen and oxygen atoms in total. The zero-order chi connectivity index (χ0) is 16.7. The van der Waals surface area contributed by atoms with Gasteiger partial charge in [0.2, 0.25) is 5.91 Å². The maximum Gasteiger partial charge on any atom is 0.236 e. The second-order valence-electron chi connectivity index (χ2n) is 6.08. The number of fused-ring (bicyclic) bond motifs is 2. The third-order valence-corrected chi connectivity index (χ3v) is 4.53. The van der Waals surface area contributed by atoms with Gasteiger partial charge in [-0.1, -0.05) is 6.07 Å². The summed E-state index contributed by atoms with van der Waals surface area (Å²) in [5.41, 5.74) is 3.26. The van der Waals surface area contributed by atoms with E-state index in [1.165, 1.54) is 0 Å². The molecule has 0 saturated carbocycles. The number of pyridine rings is 2.